The molecule has 0 bridgehead atoms. The topological polar surface area (TPSA) is 90.0 Å². The lowest BCUT2D eigenvalue weighted by Gasteiger charge is -2.28. The number of fused-ring (bicyclic) bond motifs is 1. The van der Waals surface area contributed by atoms with Crippen molar-refractivity contribution in [2.45, 2.75) is 25.8 Å². The van der Waals surface area contributed by atoms with Crippen LogP contribution in [0.3, 0.4) is 0 Å². The van der Waals surface area contributed by atoms with Crippen LogP contribution < -0.4 is 9.70 Å². The predicted octanol–water partition coefficient (Wildman–Crippen LogP) is 4.64. The fraction of sp³-hybridized carbons (Fsp3) is 0.364. The number of carbonyl (C=O) groups is 1. The van der Waals surface area contributed by atoms with Gasteiger partial charge in [0.2, 0.25) is 0 Å². The van der Waals surface area contributed by atoms with Crippen molar-refractivity contribution < 1.29 is 14.5 Å². The molecule has 4 rings (SSSR count). The minimum Gasteiger partial charge on any atom is -0.383 e. The molecular weight excluding hydrogens is 452 g/mol. The van der Waals surface area contributed by atoms with E-state index >= 15 is 0 Å². The van der Waals surface area contributed by atoms with Gasteiger partial charge in [-0.3, -0.25) is 14.9 Å². The fourth-order valence-corrected chi connectivity index (χ4v) is 5.22. The Balaban J connectivity index is 1.73. The highest BCUT2D eigenvalue weighted by atomic mass is 35.5. The molecule has 1 aliphatic heterocycles. The summed E-state index contributed by atoms with van der Waals surface area (Å²) in [6.07, 6.45) is 3.14. The Morgan fingerprint density at radius 3 is 2.72 bits per heavy atom. The third-order valence-corrected chi connectivity index (χ3v) is 6.75. The lowest BCUT2D eigenvalue weighted by Crippen LogP contribution is -2.30. The molecule has 1 amide bonds. The van der Waals surface area contributed by atoms with Gasteiger partial charge in [0.15, 0.2) is 4.80 Å². The standard InChI is InChI=1S/C22H23ClN4O4S/c1-31-12-11-26-18-8-6-16(23)14-20(18)32-22(26)24-21(28)15-5-7-17(19(13-15)27(29)30)25-9-3-2-4-10-25/h5-8,13-14H,2-4,9-12H2,1H3. The molecule has 0 aliphatic carbocycles. The Kier molecular flexibility index (Phi) is 6.88. The SMILES string of the molecule is COCCn1c(=NC(=O)c2ccc(N3CCCCC3)c([N+](=O)[O-])c2)sc2cc(Cl)ccc21. The van der Waals surface area contributed by atoms with E-state index in [1.807, 2.05) is 21.6 Å². The number of nitro groups is 1. The summed E-state index contributed by atoms with van der Waals surface area (Å²) in [6.45, 7) is 2.52. The van der Waals surface area contributed by atoms with E-state index in [2.05, 4.69) is 4.99 Å². The number of carbonyl (C=O) groups excluding carboxylic acids is 1. The number of hydrogen-bond donors (Lipinski definition) is 0. The average molecular weight is 475 g/mol. The molecule has 0 spiro atoms. The summed E-state index contributed by atoms with van der Waals surface area (Å²) in [7, 11) is 1.61. The van der Waals surface area contributed by atoms with Gasteiger partial charge in [0.1, 0.15) is 5.69 Å². The van der Waals surface area contributed by atoms with E-state index < -0.39 is 10.8 Å². The van der Waals surface area contributed by atoms with Crippen molar-refractivity contribution >= 4 is 50.4 Å². The van der Waals surface area contributed by atoms with Crippen LogP contribution in [0, 0.1) is 10.1 Å². The van der Waals surface area contributed by atoms with E-state index in [9.17, 15) is 14.9 Å². The van der Waals surface area contributed by atoms with Gasteiger partial charge in [-0.2, -0.15) is 4.99 Å². The average Bonchev–Trinajstić information content (AvgIpc) is 3.13. The fourth-order valence-electron chi connectivity index (χ4n) is 3.89. The third-order valence-electron chi connectivity index (χ3n) is 5.48. The number of halogens is 1. The van der Waals surface area contributed by atoms with Crippen LogP contribution in [0.5, 0.6) is 0 Å². The number of ether oxygens (including phenoxy) is 1. The first-order valence-corrected chi connectivity index (χ1v) is 11.6. The summed E-state index contributed by atoms with van der Waals surface area (Å²) in [6, 6.07) is 10.1. The predicted molar refractivity (Wildman–Crippen MR) is 126 cm³/mol. The van der Waals surface area contributed by atoms with Gasteiger partial charge in [0.05, 0.1) is 21.7 Å². The molecule has 1 fully saturated rings. The van der Waals surface area contributed by atoms with Crippen LogP contribution in [0.1, 0.15) is 29.6 Å². The number of anilines is 1. The van der Waals surface area contributed by atoms with Gasteiger partial charge in [-0.15, -0.1) is 0 Å². The zero-order chi connectivity index (χ0) is 22.7. The van der Waals surface area contributed by atoms with Crippen LogP contribution in [0.2, 0.25) is 5.02 Å². The van der Waals surface area contributed by atoms with Crippen LogP contribution in [0.15, 0.2) is 41.4 Å². The van der Waals surface area contributed by atoms with Crippen molar-refractivity contribution in [1.82, 2.24) is 4.57 Å². The molecule has 0 unspecified atom stereocenters. The highest BCUT2D eigenvalue weighted by Gasteiger charge is 2.23. The zero-order valence-corrected chi connectivity index (χ0v) is 19.2. The third kappa shape index (κ3) is 4.69. The van der Waals surface area contributed by atoms with E-state index in [1.165, 1.54) is 17.4 Å². The van der Waals surface area contributed by atoms with Crippen molar-refractivity contribution in [2.75, 3.05) is 31.7 Å². The Bertz CT molecular complexity index is 1230. The maximum atomic E-state index is 13.0. The minimum atomic E-state index is -0.526. The number of thiazole rings is 1. The number of methoxy groups -OCH3 is 1. The van der Waals surface area contributed by atoms with Gasteiger partial charge in [-0.25, -0.2) is 0 Å². The Hall–Kier alpha value is -2.75. The van der Waals surface area contributed by atoms with E-state index in [0.29, 0.717) is 28.7 Å². The molecule has 1 aliphatic rings. The second-order valence-electron chi connectivity index (χ2n) is 7.57. The monoisotopic (exact) mass is 474 g/mol. The number of amides is 1. The van der Waals surface area contributed by atoms with Crippen LogP contribution in [0.4, 0.5) is 11.4 Å². The van der Waals surface area contributed by atoms with E-state index in [-0.39, 0.29) is 11.3 Å². The van der Waals surface area contributed by atoms with Crippen LogP contribution in [-0.4, -0.2) is 42.2 Å². The van der Waals surface area contributed by atoms with E-state index in [4.69, 9.17) is 16.3 Å². The van der Waals surface area contributed by atoms with Crippen molar-refractivity contribution in [2.24, 2.45) is 4.99 Å². The summed E-state index contributed by atoms with van der Waals surface area (Å²) in [5, 5.41) is 12.3. The molecule has 32 heavy (non-hydrogen) atoms. The van der Waals surface area contributed by atoms with Gasteiger partial charge < -0.3 is 14.2 Å². The first kappa shape index (κ1) is 22.4. The molecule has 10 heteroatoms. The summed E-state index contributed by atoms with van der Waals surface area (Å²) >= 11 is 7.46. The number of aromatic nitrogens is 1. The number of piperidine rings is 1. The largest absolute Gasteiger partial charge is 0.383 e. The molecule has 2 aromatic carbocycles. The minimum absolute atomic E-state index is 0.0664. The molecular formula is C22H23ClN4O4S. The Morgan fingerprint density at radius 2 is 2.00 bits per heavy atom. The molecule has 1 aromatic heterocycles. The van der Waals surface area contributed by atoms with Gasteiger partial charge in [0.25, 0.3) is 11.6 Å². The van der Waals surface area contributed by atoms with Gasteiger partial charge in [-0.05, 0) is 49.6 Å². The quantitative estimate of drug-likeness (QED) is 0.383. The molecule has 1 saturated heterocycles. The maximum absolute atomic E-state index is 13.0. The van der Waals surface area contributed by atoms with E-state index in [1.54, 1.807) is 25.3 Å². The van der Waals surface area contributed by atoms with Crippen molar-refractivity contribution in [1.29, 1.82) is 0 Å². The van der Waals surface area contributed by atoms with Gasteiger partial charge in [-0.1, -0.05) is 22.9 Å². The highest BCUT2D eigenvalue weighted by Crippen LogP contribution is 2.31. The normalized spacial score (nSPS) is 14.8. The van der Waals surface area contributed by atoms with Crippen LogP contribution in [-0.2, 0) is 11.3 Å². The first-order valence-electron chi connectivity index (χ1n) is 10.4. The zero-order valence-electron chi connectivity index (χ0n) is 17.6. The lowest BCUT2D eigenvalue weighted by atomic mass is 10.1. The van der Waals surface area contributed by atoms with Crippen LogP contribution in [0.25, 0.3) is 10.2 Å². The summed E-state index contributed by atoms with van der Waals surface area (Å²) in [4.78, 5) is 31.1. The van der Waals surface area contributed by atoms with Crippen LogP contribution >= 0.6 is 22.9 Å². The maximum Gasteiger partial charge on any atom is 0.293 e. The molecule has 2 heterocycles. The number of rotatable bonds is 6. The second kappa shape index (κ2) is 9.81. The number of nitro benzene ring substituents is 1. The molecule has 3 aromatic rings. The number of benzene rings is 2. The lowest BCUT2D eigenvalue weighted by molar-refractivity contribution is -0.384. The first-order chi connectivity index (χ1) is 15.5. The molecule has 168 valence electrons. The molecule has 0 radical (unpaired) electrons. The van der Waals surface area contributed by atoms with Gasteiger partial charge in [0, 0.05) is 43.4 Å². The van der Waals surface area contributed by atoms with E-state index in [0.717, 1.165) is 42.6 Å². The molecule has 0 N–H and O–H groups in total. The molecule has 0 saturated carbocycles. The summed E-state index contributed by atoms with van der Waals surface area (Å²) in [5.41, 5.74) is 1.57. The molecule has 8 nitrogen and oxygen atoms in total. The smallest absolute Gasteiger partial charge is 0.293 e. The molecule has 0 atom stereocenters. The van der Waals surface area contributed by atoms with Crippen molar-refractivity contribution in [3.8, 4) is 0 Å². The second-order valence-corrected chi connectivity index (χ2v) is 9.01. The van der Waals surface area contributed by atoms with Crippen molar-refractivity contribution in [3.63, 3.8) is 0 Å². The van der Waals surface area contributed by atoms with Gasteiger partial charge >= 0.3 is 0 Å². The summed E-state index contributed by atoms with van der Waals surface area (Å²) in [5.74, 6) is -0.526. The summed E-state index contributed by atoms with van der Waals surface area (Å²) < 4.78 is 7.99. The number of hydrogen-bond acceptors (Lipinski definition) is 6. The Morgan fingerprint density at radius 1 is 1.22 bits per heavy atom. The highest BCUT2D eigenvalue weighted by molar-refractivity contribution is 7.16. The Labute approximate surface area is 193 Å². The van der Waals surface area contributed by atoms with Crippen molar-refractivity contribution in [3.05, 3.63) is 61.9 Å². The number of nitrogens with zero attached hydrogens (tertiary/aromatic N) is 4.